The van der Waals surface area contributed by atoms with Crippen LogP contribution >= 0.6 is 0 Å². The van der Waals surface area contributed by atoms with E-state index in [1.807, 2.05) is 48.5 Å². The molecule has 0 atom stereocenters. The first-order valence-corrected chi connectivity index (χ1v) is 10.1. The fourth-order valence-corrected chi connectivity index (χ4v) is 3.55. The summed E-state index contributed by atoms with van der Waals surface area (Å²) in [6.45, 7) is 2.62. The molecule has 5 rings (SSSR count). The van der Waals surface area contributed by atoms with E-state index in [9.17, 15) is 4.79 Å². The summed E-state index contributed by atoms with van der Waals surface area (Å²) in [6.07, 6.45) is 4.94. The zero-order valence-corrected chi connectivity index (χ0v) is 16.8. The number of rotatable bonds is 4. The topological polar surface area (TPSA) is 88.8 Å². The number of hydrogen-bond acceptors (Lipinski definition) is 7. The van der Waals surface area contributed by atoms with Gasteiger partial charge in [0.05, 0.1) is 5.69 Å². The van der Waals surface area contributed by atoms with Gasteiger partial charge in [0.25, 0.3) is 5.78 Å². The molecule has 1 aromatic carbocycles. The molecule has 0 radical (unpaired) electrons. The smallest absolute Gasteiger partial charge is 0.410 e. The molecule has 0 bridgehead atoms. The second-order valence-corrected chi connectivity index (χ2v) is 7.21. The molecule has 0 unspecified atom stereocenters. The molecule has 1 aliphatic rings. The van der Waals surface area contributed by atoms with E-state index in [2.05, 4.69) is 25.0 Å². The summed E-state index contributed by atoms with van der Waals surface area (Å²) in [5.41, 5.74) is 2.79. The molecule has 0 saturated carbocycles. The SMILES string of the molecule is O=C(OCc1ccccc1)N1CCN(c2nc3nccc(-c4cccnc4)n3n2)CC1. The largest absolute Gasteiger partial charge is 0.445 e. The number of fused-ring (bicyclic) bond motifs is 1. The van der Waals surface area contributed by atoms with Gasteiger partial charge in [-0.2, -0.15) is 9.50 Å². The maximum atomic E-state index is 12.4. The van der Waals surface area contributed by atoms with E-state index in [0.29, 0.717) is 37.9 Å². The van der Waals surface area contributed by atoms with Gasteiger partial charge in [0, 0.05) is 50.3 Å². The monoisotopic (exact) mass is 415 g/mol. The van der Waals surface area contributed by atoms with Gasteiger partial charge in [-0.05, 0) is 23.8 Å². The van der Waals surface area contributed by atoms with E-state index < -0.39 is 0 Å². The molecule has 9 heteroatoms. The fraction of sp³-hybridized carbons (Fsp3) is 0.227. The lowest BCUT2D eigenvalue weighted by Crippen LogP contribution is -2.49. The lowest BCUT2D eigenvalue weighted by atomic mass is 10.2. The van der Waals surface area contributed by atoms with Gasteiger partial charge in [-0.3, -0.25) is 4.98 Å². The van der Waals surface area contributed by atoms with Crippen LogP contribution in [0.3, 0.4) is 0 Å². The minimum atomic E-state index is -0.299. The van der Waals surface area contributed by atoms with E-state index in [0.717, 1.165) is 16.8 Å². The number of carbonyl (C=O) groups excluding carboxylic acids is 1. The number of anilines is 1. The molecule has 9 nitrogen and oxygen atoms in total. The lowest BCUT2D eigenvalue weighted by molar-refractivity contribution is 0.0941. The van der Waals surface area contributed by atoms with Gasteiger partial charge in [-0.15, -0.1) is 5.10 Å². The van der Waals surface area contributed by atoms with Crippen molar-refractivity contribution in [1.82, 2.24) is 29.5 Å². The molecule has 0 N–H and O–H groups in total. The van der Waals surface area contributed by atoms with Crippen LogP contribution in [0.5, 0.6) is 0 Å². The first kappa shape index (κ1) is 19.0. The maximum absolute atomic E-state index is 12.4. The summed E-state index contributed by atoms with van der Waals surface area (Å²) < 4.78 is 7.17. The number of pyridine rings is 1. The normalized spacial score (nSPS) is 14.1. The van der Waals surface area contributed by atoms with E-state index in [-0.39, 0.29) is 12.7 Å². The van der Waals surface area contributed by atoms with Crippen LogP contribution in [-0.2, 0) is 11.3 Å². The van der Waals surface area contributed by atoms with Crippen LogP contribution in [0.25, 0.3) is 17.0 Å². The third kappa shape index (κ3) is 4.02. The Balaban J connectivity index is 1.25. The van der Waals surface area contributed by atoms with E-state index >= 15 is 0 Å². The molecule has 156 valence electrons. The van der Waals surface area contributed by atoms with Crippen molar-refractivity contribution in [2.24, 2.45) is 0 Å². The van der Waals surface area contributed by atoms with Crippen molar-refractivity contribution < 1.29 is 9.53 Å². The molecule has 31 heavy (non-hydrogen) atoms. The molecule has 4 heterocycles. The summed E-state index contributed by atoms with van der Waals surface area (Å²) in [5, 5.41) is 4.67. The van der Waals surface area contributed by atoms with E-state index in [1.54, 1.807) is 28.0 Å². The highest BCUT2D eigenvalue weighted by atomic mass is 16.6. The number of amides is 1. The average molecular weight is 415 g/mol. The number of aromatic nitrogens is 5. The minimum Gasteiger partial charge on any atom is -0.445 e. The Kier molecular flexibility index (Phi) is 5.14. The Bertz CT molecular complexity index is 1170. The Morgan fingerprint density at radius 3 is 2.58 bits per heavy atom. The van der Waals surface area contributed by atoms with Crippen molar-refractivity contribution in [3.8, 4) is 11.3 Å². The summed E-state index contributed by atoms with van der Waals surface area (Å²) in [6, 6.07) is 15.4. The number of carbonyl (C=O) groups is 1. The number of piperazine rings is 1. The summed E-state index contributed by atoms with van der Waals surface area (Å²) in [4.78, 5) is 29.3. The highest BCUT2D eigenvalue weighted by Crippen LogP contribution is 2.20. The van der Waals surface area contributed by atoms with Crippen LogP contribution in [0.2, 0.25) is 0 Å². The Hall–Kier alpha value is -4.01. The van der Waals surface area contributed by atoms with Gasteiger partial charge in [0.2, 0.25) is 5.95 Å². The predicted molar refractivity (Wildman–Crippen MR) is 114 cm³/mol. The van der Waals surface area contributed by atoms with Crippen LogP contribution < -0.4 is 4.90 Å². The third-order valence-electron chi connectivity index (χ3n) is 5.21. The lowest BCUT2D eigenvalue weighted by Gasteiger charge is -2.33. The average Bonchev–Trinajstić information content (AvgIpc) is 3.28. The van der Waals surface area contributed by atoms with Gasteiger partial charge in [0.15, 0.2) is 0 Å². The maximum Gasteiger partial charge on any atom is 0.410 e. The second-order valence-electron chi connectivity index (χ2n) is 7.21. The molecule has 0 aliphatic carbocycles. The molecule has 1 saturated heterocycles. The molecular formula is C22H21N7O2. The molecule has 4 aromatic rings. The van der Waals surface area contributed by atoms with Crippen molar-refractivity contribution in [3.05, 3.63) is 72.7 Å². The van der Waals surface area contributed by atoms with Crippen molar-refractivity contribution in [2.75, 3.05) is 31.1 Å². The van der Waals surface area contributed by atoms with Crippen molar-refractivity contribution in [3.63, 3.8) is 0 Å². The summed E-state index contributed by atoms with van der Waals surface area (Å²) in [5.74, 6) is 1.13. The van der Waals surface area contributed by atoms with Crippen LogP contribution in [-0.4, -0.2) is 61.7 Å². The molecular weight excluding hydrogens is 394 g/mol. The molecule has 1 aliphatic heterocycles. The van der Waals surface area contributed by atoms with Gasteiger partial charge in [-0.25, -0.2) is 9.78 Å². The van der Waals surface area contributed by atoms with Crippen molar-refractivity contribution >= 4 is 17.8 Å². The van der Waals surface area contributed by atoms with Gasteiger partial charge in [-0.1, -0.05) is 30.3 Å². The fourth-order valence-electron chi connectivity index (χ4n) is 3.55. The predicted octanol–water partition coefficient (Wildman–Crippen LogP) is 2.65. The highest BCUT2D eigenvalue weighted by molar-refractivity contribution is 5.68. The number of benzene rings is 1. The quantitative estimate of drug-likeness (QED) is 0.506. The zero-order chi connectivity index (χ0) is 21.0. The van der Waals surface area contributed by atoms with Crippen molar-refractivity contribution in [2.45, 2.75) is 6.61 Å². The molecule has 1 amide bonds. The van der Waals surface area contributed by atoms with Crippen molar-refractivity contribution in [1.29, 1.82) is 0 Å². The molecule has 0 spiro atoms. The van der Waals surface area contributed by atoms with Crippen LogP contribution in [0.1, 0.15) is 5.56 Å². The molecule has 1 fully saturated rings. The Morgan fingerprint density at radius 2 is 1.81 bits per heavy atom. The van der Waals surface area contributed by atoms with Crippen LogP contribution in [0, 0.1) is 0 Å². The number of hydrogen-bond donors (Lipinski definition) is 0. The minimum absolute atomic E-state index is 0.274. The third-order valence-corrected chi connectivity index (χ3v) is 5.21. The summed E-state index contributed by atoms with van der Waals surface area (Å²) in [7, 11) is 0. The Morgan fingerprint density at radius 1 is 0.968 bits per heavy atom. The first-order valence-electron chi connectivity index (χ1n) is 10.1. The van der Waals surface area contributed by atoms with Crippen LogP contribution in [0.15, 0.2) is 67.1 Å². The van der Waals surface area contributed by atoms with E-state index in [4.69, 9.17) is 4.74 Å². The van der Waals surface area contributed by atoms with Crippen LogP contribution in [0.4, 0.5) is 10.7 Å². The van der Waals surface area contributed by atoms with Gasteiger partial charge >= 0.3 is 6.09 Å². The highest BCUT2D eigenvalue weighted by Gasteiger charge is 2.25. The summed E-state index contributed by atoms with van der Waals surface area (Å²) >= 11 is 0. The number of ether oxygens (including phenoxy) is 1. The first-order chi connectivity index (χ1) is 15.3. The standard InChI is InChI=1S/C22H21N7O2/c30-22(31-16-17-5-2-1-3-6-17)28-13-11-27(12-14-28)21-25-20-24-10-8-19(29(20)26-21)18-7-4-9-23-15-18/h1-10,15H,11-14,16H2. The van der Waals surface area contributed by atoms with E-state index in [1.165, 1.54) is 0 Å². The molecule has 3 aromatic heterocycles. The number of nitrogens with zero attached hydrogens (tertiary/aromatic N) is 7. The van der Waals surface area contributed by atoms with Gasteiger partial charge in [0.1, 0.15) is 6.61 Å². The Labute approximate surface area is 178 Å². The zero-order valence-electron chi connectivity index (χ0n) is 16.8. The van der Waals surface area contributed by atoms with Gasteiger partial charge < -0.3 is 14.5 Å². The second kappa shape index (κ2) is 8.39.